The molecule has 0 heterocycles. The zero-order valence-corrected chi connectivity index (χ0v) is 14.6. The van der Waals surface area contributed by atoms with E-state index >= 15 is 0 Å². The molecular weight excluding hydrogens is 375 g/mol. The Hall–Kier alpha value is -1.56. The van der Waals surface area contributed by atoms with E-state index in [4.69, 9.17) is 0 Å². The maximum atomic E-state index is 11.8. The molecule has 2 rings (SSSR count). The summed E-state index contributed by atoms with van der Waals surface area (Å²) in [4.78, 5) is 11.8. The van der Waals surface area contributed by atoms with E-state index in [9.17, 15) is 4.79 Å². The Morgan fingerprint density at radius 1 is 1.14 bits per heavy atom. The summed E-state index contributed by atoms with van der Waals surface area (Å²) in [6.07, 6.45) is 0. The fourth-order valence-corrected chi connectivity index (χ4v) is 2.60. The molecule has 2 N–H and O–H groups in total. The molecule has 0 spiro atoms. The Morgan fingerprint density at radius 3 is 2.43 bits per heavy atom. The molecule has 0 radical (unpaired) electrons. The summed E-state index contributed by atoms with van der Waals surface area (Å²) in [5, 5.41) is 6.16. The molecule has 0 aromatic heterocycles. The highest BCUT2D eigenvalue weighted by Crippen LogP contribution is 2.24. The van der Waals surface area contributed by atoms with Gasteiger partial charge in [-0.15, -0.1) is 0 Å². The van der Waals surface area contributed by atoms with Crippen LogP contribution >= 0.6 is 22.6 Å². The molecule has 110 valence electrons. The minimum atomic E-state index is -0.0573. The van der Waals surface area contributed by atoms with Crippen molar-refractivity contribution < 1.29 is 4.79 Å². The van der Waals surface area contributed by atoms with E-state index in [-0.39, 0.29) is 11.9 Å². The molecule has 21 heavy (non-hydrogen) atoms. The minimum Gasteiger partial charge on any atom is -0.378 e. The Labute approximate surface area is 139 Å². The summed E-state index contributed by atoms with van der Waals surface area (Å²) in [6.45, 7) is 4.09. The first-order valence-electron chi connectivity index (χ1n) is 6.86. The van der Waals surface area contributed by atoms with E-state index in [1.807, 2.05) is 25.1 Å². The Bertz CT molecular complexity index is 638. The first-order chi connectivity index (χ1) is 10.0. The van der Waals surface area contributed by atoms with Gasteiger partial charge in [0.1, 0.15) is 0 Å². The van der Waals surface area contributed by atoms with Crippen LogP contribution in [0.25, 0.3) is 0 Å². The van der Waals surface area contributed by atoms with Crippen molar-refractivity contribution in [1.82, 2.24) is 5.32 Å². The SMILES string of the molecule is CNC(=O)c1cccc(NC(C)c2ccc(I)cc2)c1C. The van der Waals surface area contributed by atoms with Crippen molar-refractivity contribution in [2.45, 2.75) is 19.9 Å². The van der Waals surface area contributed by atoms with Crippen LogP contribution in [0.5, 0.6) is 0 Å². The average molecular weight is 394 g/mol. The molecule has 0 fully saturated rings. The summed E-state index contributed by atoms with van der Waals surface area (Å²) in [7, 11) is 1.65. The molecule has 0 aliphatic heterocycles. The largest absolute Gasteiger partial charge is 0.378 e. The third kappa shape index (κ3) is 3.75. The maximum Gasteiger partial charge on any atom is 0.251 e. The van der Waals surface area contributed by atoms with Crippen molar-refractivity contribution in [1.29, 1.82) is 0 Å². The number of hydrogen-bond donors (Lipinski definition) is 2. The van der Waals surface area contributed by atoms with Crippen LogP contribution in [0.4, 0.5) is 5.69 Å². The molecule has 1 amide bonds. The average Bonchev–Trinajstić information content (AvgIpc) is 2.49. The van der Waals surface area contributed by atoms with Gasteiger partial charge in [0.2, 0.25) is 0 Å². The van der Waals surface area contributed by atoms with Crippen LogP contribution in [0.1, 0.15) is 34.5 Å². The predicted molar refractivity (Wildman–Crippen MR) is 95.8 cm³/mol. The summed E-state index contributed by atoms with van der Waals surface area (Å²) >= 11 is 2.30. The van der Waals surface area contributed by atoms with Crippen LogP contribution in [-0.2, 0) is 0 Å². The van der Waals surface area contributed by atoms with Gasteiger partial charge >= 0.3 is 0 Å². The van der Waals surface area contributed by atoms with Gasteiger partial charge in [-0.2, -0.15) is 0 Å². The van der Waals surface area contributed by atoms with Crippen LogP contribution in [0.2, 0.25) is 0 Å². The topological polar surface area (TPSA) is 41.1 Å². The quantitative estimate of drug-likeness (QED) is 0.766. The minimum absolute atomic E-state index is 0.0573. The third-order valence-electron chi connectivity index (χ3n) is 3.55. The summed E-state index contributed by atoms with van der Waals surface area (Å²) < 4.78 is 1.22. The molecule has 4 heteroatoms. The molecule has 1 atom stereocenters. The Balaban J connectivity index is 2.23. The van der Waals surface area contributed by atoms with E-state index in [0.717, 1.165) is 11.3 Å². The van der Waals surface area contributed by atoms with Gasteiger partial charge in [-0.05, 0) is 71.8 Å². The van der Waals surface area contributed by atoms with Crippen molar-refractivity contribution in [2.24, 2.45) is 0 Å². The molecule has 0 aliphatic rings. The summed E-state index contributed by atoms with van der Waals surface area (Å²) in [5.41, 5.74) is 3.88. The first kappa shape index (κ1) is 15.8. The second-order valence-corrected chi connectivity index (χ2v) is 6.22. The zero-order chi connectivity index (χ0) is 15.4. The van der Waals surface area contributed by atoms with Gasteiger partial charge in [0.25, 0.3) is 5.91 Å². The number of carbonyl (C=O) groups excluding carboxylic acids is 1. The van der Waals surface area contributed by atoms with Crippen LogP contribution in [0.15, 0.2) is 42.5 Å². The van der Waals surface area contributed by atoms with Gasteiger partial charge in [0.05, 0.1) is 0 Å². The molecule has 2 aromatic rings. The number of carbonyl (C=O) groups is 1. The van der Waals surface area contributed by atoms with E-state index in [1.54, 1.807) is 7.05 Å². The van der Waals surface area contributed by atoms with Crippen LogP contribution < -0.4 is 10.6 Å². The third-order valence-corrected chi connectivity index (χ3v) is 4.27. The molecule has 3 nitrogen and oxygen atoms in total. The number of rotatable bonds is 4. The molecule has 0 saturated carbocycles. The van der Waals surface area contributed by atoms with E-state index < -0.39 is 0 Å². The fourth-order valence-electron chi connectivity index (χ4n) is 2.24. The Morgan fingerprint density at radius 2 is 1.81 bits per heavy atom. The lowest BCUT2D eigenvalue weighted by atomic mass is 10.0. The number of anilines is 1. The van der Waals surface area contributed by atoms with E-state index in [1.165, 1.54) is 9.13 Å². The normalized spacial score (nSPS) is 11.8. The van der Waals surface area contributed by atoms with Crippen LogP contribution in [0.3, 0.4) is 0 Å². The molecule has 0 bridgehead atoms. The van der Waals surface area contributed by atoms with Crippen molar-refractivity contribution in [3.63, 3.8) is 0 Å². The predicted octanol–water partition coefficient (Wildman–Crippen LogP) is 4.13. The van der Waals surface area contributed by atoms with E-state index in [0.29, 0.717) is 5.56 Å². The second-order valence-electron chi connectivity index (χ2n) is 4.97. The standard InChI is InChI=1S/C17H19IN2O/c1-11-15(17(21)19-3)5-4-6-16(11)20-12(2)13-7-9-14(18)10-8-13/h4-10,12,20H,1-3H3,(H,19,21). The Kier molecular flexibility index (Phi) is 5.22. The lowest BCUT2D eigenvalue weighted by Crippen LogP contribution is -2.19. The van der Waals surface area contributed by atoms with Crippen LogP contribution in [-0.4, -0.2) is 13.0 Å². The first-order valence-corrected chi connectivity index (χ1v) is 7.94. The van der Waals surface area contributed by atoms with Crippen molar-refractivity contribution >= 4 is 34.2 Å². The lowest BCUT2D eigenvalue weighted by Gasteiger charge is -2.19. The molecule has 0 aliphatic carbocycles. The number of hydrogen-bond acceptors (Lipinski definition) is 2. The van der Waals surface area contributed by atoms with Gasteiger partial charge in [-0.25, -0.2) is 0 Å². The highest BCUT2D eigenvalue weighted by Gasteiger charge is 2.12. The number of benzene rings is 2. The fraction of sp³-hybridized carbons (Fsp3) is 0.235. The molecule has 1 unspecified atom stereocenters. The number of amides is 1. The zero-order valence-electron chi connectivity index (χ0n) is 12.4. The number of nitrogens with one attached hydrogen (secondary N) is 2. The monoisotopic (exact) mass is 394 g/mol. The maximum absolute atomic E-state index is 11.8. The summed E-state index contributed by atoms with van der Waals surface area (Å²) in [5.74, 6) is -0.0573. The van der Waals surface area contributed by atoms with Gasteiger partial charge in [0, 0.05) is 27.9 Å². The molecule has 2 aromatic carbocycles. The highest BCUT2D eigenvalue weighted by atomic mass is 127. The molecule has 0 saturated heterocycles. The molecular formula is C17H19IN2O. The lowest BCUT2D eigenvalue weighted by molar-refractivity contribution is 0.0962. The van der Waals surface area contributed by atoms with Gasteiger partial charge in [-0.1, -0.05) is 18.2 Å². The summed E-state index contributed by atoms with van der Waals surface area (Å²) in [6, 6.07) is 14.4. The van der Waals surface area contributed by atoms with Crippen molar-refractivity contribution in [2.75, 3.05) is 12.4 Å². The van der Waals surface area contributed by atoms with E-state index in [2.05, 4.69) is 64.4 Å². The highest BCUT2D eigenvalue weighted by molar-refractivity contribution is 14.1. The van der Waals surface area contributed by atoms with Crippen LogP contribution in [0, 0.1) is 10.5 Å². The van der Waals surface area contributed by atoms with Crippen molar-refractivity contribution in [3.05, 3.63) is 62.7 Å². The second kappa shape index (κ2) is 6.93. The van der Waals surface area contributed by atoms with Gasteiger partial charge in [-0.3, -0.25) is 4.79 Å². The van der Waals surface area contributed by atoms with Gasteiger partial charge < -0.3 is 10.6 Å². The number of halogens is 1. The van der Waals surface area contributed by atoms with Gasteiger partial charge in [0.15, 0.2) is 0 Å². The smallest absolute Gasteiger partial charge is 0.251 e. The van der Waals surface area contributed by atoms with Crippen molar-refractivity contribution in [3.8, 4) is 0 Å².